The summed E-state index contributed by atoms with van der Waals surface area (Å²) in [6.45, 7) is 0.783. The Morgan fingerprint density at radius 1 is 0.968 bits per heavy atom. The molecule has 0 fully saturated rings. The van der Waals surface area contributed by atoms with Crippen molar-refractivity contribution in [3.63, 3.8) is 0 Å². The number of nitrogens with zero attached hydrogens (tertiary/aromatic N) is 4. The highest BCUT2D eigenvalue weighted by molar-refractivity contribution is 6.42. The van der Waals surface area contributed by atoms with Gasteiger partial charge in [-0.2, -0.15) is 9.97 Å². The van der Waals surface area contributed by atoms with Gasteiger partial charge in [-0.25, -0.2) is 0 Å². The van der Waals surface area contributed by atoms with Gasteiger partial charge in [0, 0.05) is 56.5 Å². The monoisotopic (exact) mass is 454 g/mol. The molecule has 2 heterocycles. The Balaban J connectivity index is 1.55. The summed E-state index contributed by atoms with van der Waals surface area (Å²) < 4.78 is 0. The van der Waals surface area contributed by atoms with E-state index in [9.17, 15) is 0 Å². The van der Waals surface area contributed by atoms with Gasteiger partial charge in [-0.05, 0) is 36.2 Å². The van der Waals surface area contributed by atoms with E-state index < -0.39 is 0 Å². The molecule has 8 heteroatoms. The smallest absolute Gasteiger partial charge is 0.229 e. The van der Waals surface area contributed by atoms with E-state index in [-0.39, 0.29) is 0 Å². The first-order valence-corrected chi connectivity index (χ1v) is 10.7. The SMILES string of the molecule is CN(C)c1cc(Nc2ccc(Cl)c(Cl)c2)nc(N(C)CCc2c[nH]c3ccccc23)n1. The summed E-state index contributed by atoms with van der Waals surface area (Å²) in [5.41, 5.74) is 3.24. The molecule has 0 unspecified atom stereocenters. The summed E-state index contributed by atoms with van der Waals surface area (Å²) >= 11 is 12.2. The van der Waals surface area contributed by atoms with Crippen LogP contribution in [0.2, 0.25) is 10.0 Å². The van der Waals surface area contributed by atoms with Crippen LogP contribution in [0.15, 0.2) is 54.7 Å². The van der Waals surface area contributed by atoms with Crippen LogP contribution in [0.1, 0.15) is 5.56 Å². The molecule has 0 aliphatic rings. The summed E-state index contributed by atoms with van der Waals surface area (Å²) in [6, 6.07) is 15.6. The fourth-order valence-electron chi connectivity index (χ4n) is 3.33. The molecule has 0 aliphatic carbocycles. The van der Waals surface area contributed by atoms with Gasteiger partial charge in [0.05, 0.1) is 10.0 Å². The zero-order valence-electron chi connectivity index (χ0n) is 17.7. The highest BCUT2D eigenvalue weighted by atomic mass is 35.5. The fourth-order valence-corrected chi connectivity index (χ4v) is 3.63. The molecule has 2 aromatic heterocycles. The minimum atomic E-state index is 0.490. The lowest BCUT2D eigenvalue weighted by atomic mass is 10.1. The molecule has 0 radical (unpaired) electrons. The maximum absolute atomic E-state index is 6.15. The molecule has 160 valence electrons. The van der Waals surface area contributed by atoms with Crippen LogP contribution < -0.4 is 15.1 Å². The summed E-state index contributed by atoms with van der Waals surface area (Å²) in [6.07, 6.45) is 2.96. The molecular formula is C23H24Cl2N6. The van der Waals surface area contributed by atoms with E-state index in [0.29, 0.717) is 21.8 Å². The Morgan fingerprint density at radius 3 is 2.55 bits per heavy atom. The maximum Gasteiger partial charge on any atom is 0.229 e. The van der Waals surface area contributed by atoms with E-state index in [0.717, 1.165) is 30.0 Å². The second-order valence-corrected chi connectivity index (χ2v) is 8.41. The molecule has 4 aromatic rings. The van der Waals surface area contributed by atoms with Gasteiger partial charge in [0.15, 0.2) is 0 Å². The first-order valence-electron chi connectivity index (χ1n) is 9.95. The van der Waals surface area contributed by atoms with Crippen molar-refractivity contribution in [1.82, 2.24) is 15.0 Å². The number of anilines is 4. The molecule has 0 aliphatic heterocycles. The van der Waals surface area contributed by atoms with Gasteiger partial charge in [-0.1, -0.05) is 41.4 Å². The normalized spacial score (nSPS) is 11.0. The number of halogens is 2. The molecule has 0 saturated heterocycles. The number of para-hydroxylation sites is 1. The number of hydrogen-bond acceptors (Lipinski definition) is 5. The molecule has 2 aromatic carbocycles. The Morgan fingerprint density at radius 2 is 1.77 bits per heavy atom. The first kappa shape index (κ1) is 21.3. The molecule has 0 bridgehead atoms. The second kappa shape index (κ2) is 9.04. The summed E-state index contributed by atoms with van der Waals surface area (Å²) in [5.74, 6) is 2.14. The predicted octanol–water partition coefficient (Wildman–Crippen LogP) is 5.75. The predicted molar refractivity (Wildman–Crippen MR) is 131 cm³/mol. The van der Waals surface area contributed by atoms with Crippen molar-refractivity contribution in [1.29, 1.82) is 0 Å². The van der Waals surface area contributed by atoms with Crippen LogP contribution in [-0.2, 0) is 6.42 Å². The van der Waals surface area contributed by atoms with Gasteiger partial charge < -0.3 is 20.1 Å². The average Bonchev–Trinajstić information content (AvgIpc) is 3.17. The average molecular weight is 455 g/mol. The van der Waals surface area contributed by atoms with E-state index in [1.165, 1.54) is 10.9 Å². The van der Waals surface area contributed by atoms with E-state index in [1.54, 1.807) is 12.1 Å². The van der Waals surface area contributed by atoms with Gasteiger partial charge >= 0.3 is 0 Å². The number of likely N-dealkylation sites (N-methyl/N-ethyl adjacent to an activating group) is 1. The number of aromatic amines is 1. The summed E-state index contributed by atoms with van der Waals surface area (Å²) in [5, 5.41) is 5.56. The highest BCUT2D eigenvalue weighted by Gasteiger charge is 2.12. The third-order valence-corrected chi connectivity index (χ3v) is 5.82. The van der Waals surface area contributed by atoms with Gasteiger partial charge in [0.25, 0.3) is 0 Å². The van der Waals surface area contributed by atoms with E-state index in [1.807, 2.05) is 44.2 Å². The van der Waals surface area contributed by atoms with Crippen molar-refractivity contribution < 1.29 is 0 Å². The lowest BCUT2D eigenvalue weighted by Crippen LogP contribution is -2.24. The standard InChI is InChI=1S/C23H24Cl2N6/c1-30(2)22-13-21(27-16-8-9-18(24)19(25)12-16)28-23(29-22)31(3)11-10-15-14-26-20-7-5-4-6-17(15)20/h4-9,12-14,26H,10-11H2,1-3H3,(H,27,28,29). The molecular weight excluding hydrogens is 431 g/mol. The molecule has 0 spiro atoms. The van der Waals surface area contributed by atoms with E-state index in [2.05, 4.69) is 39.6 Å². The number of benzene rings is 2. The zero-order valence-corrected chi connectivity index (χ0v) is 19.2. The van der Waals surface area contributed by atoms with Crippen molar-refractivity contribution in [2.75, 3.05) is 42.8 Å². The van der Waals surface area contributed by atoms with Crippen molar-refractivity contribution in [2.45, 2.75) is 6.42 Å². The number of H-pyrrole nitrogens is 1. The summed E-state index contributed by atoms with van der Waals surface area (Å²) in [4.78, 5) is 16.8. The number of aromatic nitrogens is 3. The van der Waals surface area contributed by atoms with Crippen LogP contribution in [0.25, 0.3) is 10.9 Å². The molecule has 0 atom stereocenters. The quantitative estimate of drug-likeness (QED) is 0.372. The molecule has 2 N–H and O–H groups in total. The Hall–Kier alpha value is -2.96. The largest absolute Gasteiger partial charge is 0.363 e. The van der Waals surface area contributed by atoms with Crippen LogP contribution in [-0.4, -0.2) is 42.6 Å². The van der Waals surface area contributed by atoms with Gasteiger partial charge in [-0.3, -0.25) is 0 Å². The third-order valence-electron chi connectivity index (χ3n) is 5.08. The van der Waals surface area contributed by atoms with Gasteiger partial charge in [0.1, 0.15) is 11.6 Å². The Bertz CT molecular complexity index is 1200. The van der Waals surface area contributed by atoms with E-state index >= 15 is 0 Å². The van der Waals surface area contributed by atoms with Crippen LogP contribution in [0.4, 0.5) is 23.3 Å². The zero-order chi connectivity index (χ0) is 22.0. The van der Waals surface area contributed by atoms with Crippen molar-refractivity contribution in [2.24, 2.45) is 0 Å². The maximum atomic E-state index is 6.15. The fraction of sp³-hybridized carbons (Fsp3) is 0.217. The lowest BCUT2D eigenvalue weighted by molar-refractivity contribution is 0.838. The molecule has 0 amide bonds. The van der Waals surface area contributed by atoms with Crippen molar-refractivity contribution in [3.8, 4) is 0 Å². The Kier molecular flexibility index (Phi) is 6.20. The minimum Gasteiger partial charge on any atom is -0.363 e. The third kappa shape index (κ3) is 4.86. The molecule has 6 nitrogen and oxygen atoms in total. The lowest BCUT2D eigenvalue weighted by Gasteiger charge is -2.21. The molecule has 0 saturated carbocycles. The van der Waals surface area contributed by atoms with Crippen LogP contribution >= 0.6 is 23.2 Å². The topological polar surface area (TPSA) is 60.1 Å². The van der Waals surface area contributed by atoms with Crippen LogP contribution in [0.3, 0.4) is 0 Å². The van der Waals surface area contributed by atoms with Gasteiger partial charge in [-0.15, -0.1) is 0 Å². The van der Waals surface area contributed by atoms with Crippen LogP contribution in [0.5, 0.6) is 0 Å². The van der Waals surface area contributed by atoms with Crippen molar-refractivity contribution >= 4 is 57.4 Å². The number of hydrogen-bond donors (Lipinski definition) is 2. The van der Waals surface area contributed by atoms with E-state index in [4.69, 9.17) is 33.2 Å². The second-order valence-electron chi connectivity index (χ2n) is 7.59. The van der Waals surface area contributed by atoms with Crippen LogP contribution in [0, 0.1) is 0 Å². The van der Waals surface area contributed by atoms with Crippen molar-refractivity contribution in [3.05, 3.63) is 70.3 Å². The minimum absolute atomic E-state index is 0.490. The first-order chi connectivity index (χ1) is 14.9. The summed E-state index contributed by atoms with van der Waals surface area (Å²) in [7, 11) is 5.93. The number of fused-ring (bicyclic) bond motifs is 1. The highest BCUT2D eigenvalue weighted by Crippen LogP contribution is 2.28. The number of nitrogens with one attached hydrogen (secondary N) is 2. The number of rotatable bonds is 7. The van der Waals surface area contributed by atoms with Gasteiger partial charge in [0.2, 0.25) is 5.95 Å². The Labute approximate surface area is 191 Å². The molecule has 31 heavy (non-hydrogen) atoms. The molecule has 4 rings (SSSR count).